The maximum atomic E-state index is 10.8. The fourth-order valence-corrected chi connectivity index (χ4v) is 2.30. The Hall–Kier alpha value is -2.68. The van der Waals surface area contributed by atoms with Gasteiger partial charge in [-0.05, 0) is 29.3 Å². The van der Waals surface area contributed by atoms with E-state index in [9.17, 15) is 4.79 Å². The largest absolute Gasteiger partial charge is 0.491 e. The molecule has 1 amide bonds. The van der Waals surface area contributed by atoms with E-state index >= 15 is 0 Å². The number of pyridine rings is 1. The van der Waals surface area contributed by atoms with Gasteiger partial charge in [-0.15, -0.1) is 0 Å². The van der Waals surface area contributed by atoms with E-state index in [2.05, 4.69) is 10.3 Å². The zero-order valence-corrected chi connectivity index (χ0v) is 16.7. The molecular weight excluding hydrogens is 376 g/mol. The summed E-state index contributed by atoms with van der Waals surface area (Å²) in [6.45, 7) is 3.39. The SMILES string of the molecule is CNC(=O)OCCOCCOCCOCCOc1ccc(-c2cccnc2)cc1. The van der Waals surface area contributed by atoms with Gasteiger partial charge in [-0.1, -0.05) is 18.2 Å². The average molecular weight is 404 g/mol. The van der Waals surface area contributed by atoms with Crippen LogP contribution in [0.4, 0.5) is 4.79 Å². The molecule has 0 bridgehead atoms. The second-order valence-corrected chi connectivity index (χ2v) is 5.84. The topological polar surface area (TPSA) is 88.1 Å². The summed E-state index contributed by atoms with van der Waals surface area (Å²) < 4.78 is 26.6. The van der Waals surface area contributed by atoms with Gasteiger partial charge in [0.25, 0.3) is 0 Å². The van der Waals surface area contributed by atoms with Crippen LogP contribution in [0, 0.1) is 0 Å². The molecule has 1 aromatic heterocycles. The molecule has 158 valence electrons. The maximum Gasteiger partial charge on any atom is 0.406 e. The maximum absolute atomic E-state index is 10.8. The Labute approximate surface area is 171 Å². The molecule has 0 atom stereocenters. The lowest BCUT2D eigenvalue weighted by Crippen LogP contribution is -2.21. The van der Waals surface area contributed by atoms with Gasteiger partial charge in [0, 0.05) is 19.4 Å². The third-order valence-electron chi connectivity index (χ3n) is 3.75. The van der Waals surface area contributed by atoms with Crippen LogP contribution >= 0.6 is 0 Å². The van der Waals surface area contributed by atoms with Crippen molar-refractivity contribution in [3.05, 3.63) is 48.8 Å². The van der Waals surface area contributed by atoms with Crippen LogP contribution in [-0.2, 0) is 18.9 Å². The van der Waals surface area contributed by atoms with Crippen molar-refractivity contribution >= 4 is 6.09 Å². The van der Waals surface area contributed by atoms with Crippen LogP contribution in [0.25, 0.3) is 11.1 Å². The van der Waals surface area contributed by atoms with Crippen molar-refractivity contribution in [2.24, 2.45) is 0 Å². The van der Waals surface area contributed by atoms with E-state index in [1.54, 1.807) is 6.20 Å². The molecule has 0 unspecified atom stereocenters. The first-order chi connectivity index (χ1) is 14.3. The molecule has 0 saturated carbocycles. The quantitative estimate of drug-likeness (QED) is 0.484. The van der Waals surface area contributed by atoms with Crippen molar-refractivity contribution < 1.29 is 28.5 Å². The highest BCUT2D eigenvalue weighted by molar-refractivity contribution is 5.66. The van der Waals surface area contributed by atoms with Crippen LogP contribution in [0.3, 0.4) is 0 Å². The molecule has 2 aromatic rings. The van der Waals surface area contributed by atoms with E-state index in [4.69, 9.17) is 23.7 Å². The predicted molar refractivity (Wildman–Crippen MR) is 108 cm³/mol. The monoisotopic (exact) mass is 404 g/mol. The Bertz CT molecular complexity index is 681. The first kappa shape index (κ1) is 22.6. The minimum atomic E-state index is -0.465. The van der Waals surface area contributed by atoms with Crippen LogP contribution in [-0.4, -0.2) is 71.0 Å². The van der Waals surface area contributed by atoms with E-state index in [0.717, 1.165) is 16.9 Å². The molecule has 0 spiro atoms. The molecule has 0 radical (unpaired) electrons. The van der Waals surface area contributed by atoms with E-state index < -0.39 is 6.09 Å². The zero-order chi connectivity index (χ0) is 20.6. The Balaban J connectivity index is 1.41. The van der Waals surface area contributed by atoms with Crippen molar-refractivity contribution in [1.82, 2.24) is 10.3 Å². The van der Waals surface area contributed by atoms with Crippen LogP contribution in [0.5, 0.6) is 5.75 Å². The third kappa shape index (κ3) is 9.89. The molecule has 0 aliphatic heterocycles. The van der Waals surface area contributed by atoms with Crippen LogP contribution < -0.4 is 10.1 Å². The Kier molecular flexibility index (Phi) is 11.2. The number of aromatic nitrogens is 1. The Morgan fingerprint density at radius 2 is 1.45 bits per heavy atom. The lowest BCUT2D eigenvalue weighted by atomic mass is 10.1. The van der Waals surface area contributed by atoms with Gasteiger partial charge in [0.15, 0.2) is 0 Å². The number of rotatable bonds is 14. The minimum absolute atomic E-state index is 0.217. The Morgan fingerprint density at radius 1 is 0.828 bits per heavy atom. The number of benzene rings is 1. The number of hydrogen-bond donors (Lipinski definition) is 1. The van der Waals surface area contributed by atoms with E-state index in [1.165, 1.54) is 7.05 Å². The molecule has 8 nitrogen and oxygen atoms in total. The van der Waals surface area contributed by atoms with E-state index in [-0.39, 0.29) is 6.61 Å². The number of carbonyl (C=O) groups is 1. The summed E-state index contributed by atoms with van der Waals surface area (Å²) in [7, 11) is 1.51. The fourth-order valence-electron chi connectivity index (χ4n) is 2.30. The average Bonchev–Trinajstić information content (AvgIpc) is 2.77. The summed E-state index contributed by atoms with van der Waals surface area (Å²) in [5.74, 6) is 0.801. The molecule has 0 fully saturated rings. The summed E-state index contributed by atoms with van der Waals surface area (Å²) in [5.41, 5.74) is 2.17. The standard InChI is InChI=1S/C21H28N2O6/c1-22-21(24)29-16-14-27-12-10-25-9-11-26-13-15-28-20-6-4-18(5-7-20)19-3-2-8-23-17-19/h2-8,17H,9-16H2,1H3,(H,22,24). The smallest absolute Gasteiger partial charge is 0.406 e. The van der Waals surface area contributed by atoms with Gasteiger partial charge in [0.1, 0.15) is 19.0 Å². The first-order valence-electron chi connectivity index (χ1n) is 9.50. The Morgan fingerprint density at radius 3 is 2.03 bits per heavy atom. The fraction of sp³-hybridized carbons (Fsp3) is 0.429. The molecule has 0 aliphatic rings. The summed E-state index contributed by atoms with van der Waals surface area (Å²) >= 11 is 0. The number of ether oxygens (including phenoxy) is 5. The summed E-state index contributed by atoms with van der Waals surface area (Å²) in [6, 6.07) is 11.8. The lowest BCUT2D eigenvalue weighted by Gasteiger charge is -2.09. The summed E-state index contributed by atoms with van der Waals surface area (Å²) in [5, 5.41) is 2.36. The van der Waals surface area contributed by atoms with Crippen molar-refractivity contribution in [2.75, 3.05) is 59.9 Å². The molecule has 29 heavy (non-hydrogen) atoms. The molecule has 1 heterocycles. The number of carbonyl (C=O) groups excluding carboxylic acids is 1. The second-order valence-electron chi connectivity index (χ2n) is 5.84. The molecular formula is C21H28N2O6. The lowest BCUT2D eigenvalue weighted by molar-refractivity contribution is 0.00204. The van der Waals surface area contributed by atoms with Crippen LogP contribution in [0.1, 0.15) is 0 Å². The van der Waals surface area contributed by atoms with Gasteiger partial charge in [-0.3, -0.25) is 4.98 Å². The van der Waals surface area contributed by atoms with Crippen molar-refractivity contribution in [1.29, 1.82) is 0 Å². The number of nitrogens with zero attached hydrogens (tertiary/aromatic N) is 1. The second kappa shape index (κ2) is 14.3. The highest BCUT2D eigenvalue weighted by atomic mass is 16.6. The summed E-state index contributed by atoms with van der Waals surface area (Å²) in [6.07, 6.45) is 3.13. The van der Waals surface area contributed by atoms with Gasteiger partial charge < -0.3 is 29.0 Å². The molecule has 1 N–H and O–H groups in total. The highest BCUT2D eigenvalue weighted by Crippen LogP contribution is 2.21. The van der Waals surface area contributed by atoms with Gasteiger partial charge in [0.2, 0.25) is 0 Å². The number of hydrogen-bond acceptors (Lipinski definition) is 7. The number of nitrogens with one attached hydrogen (secondary N) is 1. The third-order valence-corrected chi connectivity index (χ3v) is 3.75. The molecule has 1 aromatic carbocycles. The minimum Gasteiger partial charge on any atom is -0.491 e. The first-order valence-corrected chi connectivity index (χ1v) is 9.50. The van der Waals surface area contributed by atoms with Crippen LogP contribution in [0.15, 0.2) is 48.8 Å². The number of amides is 1. The summed E-state index contributed by atoms with van der Waals surface area (Å²) in [4.78, 5) is 14.9. The van der Waals surface area contributed by atoms with E-state index in [1.807, 2.05) is 42.6 Å². The van der Waals surface area contributed by atoms with Crippen molar-refractivity contribution in [2.45, 2.75) is 0 Å². The van der Waals surface area contributed by atoms with Gasteiger partial charge >= 0.3 is 6.09 Å². The predicted octanol–water partition coefficient (Wildman–Crippen LogP) is 2.53. The van der Waals surface area contributed by atoms with E-state index in [0.29, 0.717) is 46.2 Å². The van der Waals surface area contributed by atoms with Gasteiger partial charge in [0.05, 0.1) is 39.6 Å². The van der Waals surface area contributed by atoms with Gasteiger partial charge in [-0.25, -0.2) is 4.79 Å². The van der Waals surface area contributed by atoms with Gasteiger partial charge in [-0.2, -0.15) is 0 Å². The molecule has 0 saturated heterocycles. The number of alkyl carbamates (subject to hydrolysis) is 1. The molecule has 0 aliphatic carbocycles. The van der Waals surface area contributed by atoms with Crippen molar-refractivity contribution in [3.63, 3.8) is 0 Å². The normalized spacial score (nSPS) is 10.5. The zero-order valence-electron chi connectivity index (χ0n) is 16.7. The van der Waals surface area contributed by atoms with Crippen LogP contribution in [0.2, 0.25) is 0 Å². The molecule has 2 rings (SSSR count). The molecule has 8 heteroatoms. The highest BCUT2D eigenvalue weighted by Gasteiger charge is 1.99. The van der Waals surface area contributed by atoms with Crippen molar-refractivity contribution in [3.8, 4) is 16.9 Å².